The van der Waals surface area contributed by atoms with Crippen molar-refractivity contribution in [2.24, 2.45) is 0 Å². The summed E-state index contributed by atoms with van der Waals surface area (Å²) in [5.41, 5.74) is 1.47. The van der Waals surface area contributed by atoms with Gasteiger partial charge in [-0.2, -0.15) is 0 Å². The quantitative estimate of drug-likeness (QED) is 0.397. The maximum absolute atomic E-state index is 13.8. The molecule has 0 saturated heterocycles. The van der Waals surface area contributed by atoms with Crippen LogP contribution in [0.4, 0.5) is 10.1 Å². The van der Waals surface area contributed by atoms with Crippen molar-refractivity contribution in [3.8, 4) is 0 Å². The first-order valence-corrected chi connectivity index (χ1v) is 13.8. The van der Waals surface area contributed by atoms with Gasteiger partial charge in [0, 0.05) is 30.1 Å². The summed E-state index contributed by atoms with van der Waals surface area (Å²) in [4.78, 5) is 28.1. The standard InChI is InChI=1S/C26H26Cl2FN3O4S/c1-30-26(34)24(12-18-6-4-3-5-7-18)31(16-19-8-10-22(29)11-9-19)25(33)17-32(37(2,35)36)23-14-20(27)13-21(28)15-23/h3-11,13-15,24H,12,16-17H2,1-2H3,(H,30,34)/t24-/m0/s1. The smallest absolute Gasteiger partial charge is 0.244 e. The Kier molecular flexibility index (Phi) is 9.53. The van der Waals surface area contributed by atoms with Crippen molar-refractivity contribution in [3.63, 3.8) is 0 Å². The third-order valence-corrected chi connectivity index (χ3v) is 7.18. The van der Waals surface area contributed by atoms with Gasteiger partial charge in [-0.05, 0) is 41.5 Å². The van der Waals surface area contributed by atoms with Crippen molar-refractivity contribution in [1.82, 2.24) is 10.2 Å². The van der Waals surface area contributed by atoms with E-state index in [9.17, 15) is 22.4 Å². The molecule has 37 heavy (non-hydrogen) atoms. The number of carbonyl (C=O) groups is 2. The van der Waals surface area contributed by atoms with E-state index in [1.165, 1.54) is 54.4 Å². The molecule has 1 atom stereocenters. The van der Waals surface area contributed by atoms with Crippen LogP contribution in [0, 0.1) is 5.82 Å². The highest BCUT2D eigenvalue weighted by Gasteiger charge is 2.32. The van der Waals surface area contributed by atoms with Crippen LogP contribution in [-0.2, 0) is 32.6 Å². The molecule has 0 aliphatic carbocycles. The zero-order valence-corrected chi connectivity index (χ0v) is 22.5. The number of amides is 2. The summed E-state index contributed by atoms with van der Waals surface area (Å²) in [7, 11) is -2.49. The number of rotatable bonds is 10. The second-order valence-electron chi connectivity index (χ2n) is 8.37. The van der Waals surface area contributed by atoms with E-state index in [1.807, 2.05) is 30.3 Å². The van der Waals surface area contributed by atoms with E-state index in [2.05, 4.69) is 5.32 Å². The summed E-state index contributed by atoms with van der Waals surface area (Å²) in [5, 5.41) is 2.97. The van der Waals surface area contributed by atoms with Crippen molar-refractivity contribution in [2.45, 2.75) is 19.0 Å². The van der Waals surface area contributed by atoms with Gasteiger partial charge in [0.1, 0.15) is 18.4 Å². The Labute approximate surface area is 225 Å². The average molecular weight is 566 g/mol. The van der Waals surface area contributed by atoms with Gasteiger partial charge < -0.3 is 10.2 Å². The first-order chi connectivity index (χ1) is 17.5. The van der Waals surface area contributed by atoms with Crippen molar-refractivity contribution in [1.29, 1.82) is 0 Å². The number of likely N-dealkylation sites (N-methyl/N-ethyl adjacent to an activating group) is 1. The lowest BCUT2D eigenvalue weighted by Gasteiger charge is -2.33. The maximum Gasteiger partial charge on any atom is 0.244 e. The molecule has 0 saturated carbocycles. The molecule has 0 bridgehead atoms. The summed E-state index contributed by atoms with van der Waals surface area (Å²) in [6.07, 6.45) is 1.13. The number of nitrogens with zero attached hydrogens (tertiary/aromatic N) is 2. The van der Waals surface area contributed by atoms with Gasteiger partial charge in [0.15, 0.2) is 0 Å². The highest BCUT2D eigenvalue weighted by Crippen LogP contribution is 2.27. The lowest BCUT2D eigenvalue weighted by atomic mass is 10.0. The Morgan fingerprint density at radius 2 is 1.54 bits per heavy atom. The van der Waals surface area contributed by atoms with E-state index < -0.39 is 40.2 Å². The Hall–Kier alpha value is -3.14. The number of halogens is 3. The van der Waals surface area contributed by atoms with Crippen LogP contribution >= 0.6 is 23.2 Å². The van der Waals surface area contributed by atoms with Gasteiger partial charge in [0.05, 0.1) is 11.9 Å². The van der Waals surface area contributed by atoms with E-state index in [-0.39, 0.29) is 28.7 Å². The molecule has 0 heterocycles. The van der Waals surface area contributed by atoms with E-state index >= 15 is 0 Å². The zero-order valence-electron chi connectivity index (χ0n) is 20.2. The second-order valence-corrected chi connectivity index (χ2v) is 11.1. The van der Waals surface area contributed by atoms with Crippen molar-refractivity contribution in [2.75, 3.05) is 24.2 Å². The molecule has 1 N–H and O–H groups in total. The molecule has 196 valence electrons. The van der Waals surface area contributed by atoms with E-state index in [4.69, 9.17) is 23.2 Å². The number of anilines is 1. The molecule has 0 spiro atoms. The van der Waals surface area contributed by atoms with Gasteiger partial charge in [0.2, 0.25) is 21.8 Å². The molecule has 0 aromatic heterocycles. The third kappa shape index (κ3) is 7.92. The fraction of sp³-hybridized carbons (Fsp3) is 0.231. The van der Waals surface area contributed by atoms with E-state index in [0.717, 1.165) is 16.1 Å². The van der Waals surface area contributed by atoms with Gasteiger partial charge in [-0.25, -0.2) is 12.8 Å². The molecule has 2 amide bonds. The summed E-state index contributed by atoms with van der Waals surface area (Å²) < 4.78 is 39.8. The molecule has 3 rings (SSSR count). The minimum absolute atomic E-state index is 0.0576. The maximum atomic E-state index is 13.8. The van der Waals surface area contributed by atoms with E-state index in [1.54, 1.807) is 0 Å². The van der Waals surface area contributed by atoms with Gasteiger partial charge in [-0.3, -0.25) is 13.9 Å². The molecule has 0 radical (unpaired) electrons. The van der Waals surface area contributed by atoms with Crippen LogP contribution < -0.4 is 9.62 Å². The number of hydrogen-bond acceptors (Lipinski definition) is 4. The predicted octanol–water partition coefficient (Wildman–Crippen LogP) is 4.28. The largest absolute Gasteiger partial charge is 0.357 e. The molecule has 11 heteroatoms. The fourth-order valence-electron chi connectivity index (χ4n) is 3.80. The van der Waals surface area contributed by atoms with E-state index in [0.29, 0.717) is 5.56 Å². The SMILES string of the molecule is CNC(=O)[C@H](Cc1ccccc1)N(Cc1ccc(F)cc1)C(=O)CN(c1cc(Cl)cc(Cl)c1)S(C)(=O)=O. The Morgan fingerprint density at radius 1 is 0.946 bits per heavy atom. The Balaban J connectivity index is 2.03. The van der Waals surface area contributed by atoms with Crippen LogP contribution in [0.1, 0.15) is 11.1 Å². The number of nitrogens with one attached hydrogen (secondary N) is 1. The lowest BCUT2D eigenvalue weighted by molar-refractivity contribution is -0.139. The first-order valence-electron chi connectivity index (χ1n) is 11.2. The van der Waals surface area contributed by atoms with Crippen molar-refractivity contribution < 1.29 is 22.4 Å². The molecule has 3 aromatic rings. The number of hydrogen-bond donors (Lipinski definition) is 1. The number of sulfonamides is 1. The summed E-state index contributed by atoms with van der Waals surface area (Å²) in [6.45, 7) is -0.670. The number of benzene rings is 3. The molecular formula is C26H26Cl2FN3O4S. The van der Waals surface area contributed by atoms with Crippen LogP contribution in [0.25, 0.3) is 0 Å². The van der Waals surface area contributed by atoms with Crippen LogP contribution in [0.3, 0.4) is 0 Å². The molecule has 3 aromatic carbocycles. The first kappa shape index (κ1) is 28.4. The Bertz CT molecular complexity index is 1340. The summed E-state index contributed by atoms with van der Waals surface area (Å²) in [5.74, 6) is -1.53. The Morgan fingerprint density at radius 3 is 2.08 bits per heavy atom. The molecule has 0 unspecified atom stereocenters. The highest BCUT2D eigenvalue weighted by molar-refractivity contribution is 7.92. The van der Waals surface area contributed by atoms with Crippen LogP contribution in [0.15, 0.2) is 72.8 Å². The molecule has 7 nitrogen and oxygen atoms in total. The normalized spacial score (nSPS) is 12.0. The van der Waals surface area contributed by atoms with Crippen molar-refractivity contribution in [3.05, 3.63) is 99.8 Å². The topological polar surface area (TPSA) is 86.8 Å². The number of carbonyl (C=O) groups excluding carboxylic acids is 2. The van der Waals surface area contributed by atoms with Gasteiger partial charge in [-0.1, -0.05) is 65.7 Å². The molecule has 0 fully saturated rings. The monoisotopic (exact) mass is 565 g/mol. The van der Waals surface area contributed by atoms with Gasteiger partial charge in [0.25, 0.3) is 0 Å². The zero-order chi connectivity index (χ0) is 27.2. The average Bonchev–Trinajstić information content (AvgIpc) is 2.84. The minimum atomic E-state index is -3.95. The molecule has 0 aliphatic rings. The molecular weight excluding hydrogens is 540 g/mol. The van der Waals surface area contributed by atoms with Crippen molar-refractivity contribution >= 4 is 50.7 Å². The summed E-state index contributed by atoms with van der Waals surface area (Å²) in [6, 6.07) is 17.9. The summed E-state index contributed by atoms with van der Waals surface area (Å²) >= 11 is 12.2. The third-order valence-electron chi connectivity index (χ3n) is 5.60. The van der Waals surface area contributed by atoms with Crippen LogP contribution in [0.2, 0.25) is 10.0 Å². The lowest BCUT2D eigenvalue weighted by Crippen LogP contribution is -2.52. The van der Waals surface area contributed by atoms with Crippen LogP contribution in [-0.4, -0.2) is 51.0 Å². The minimum Gasteiger partial charge on any atom is -0.357 e. The predicted molar refractivity (Wildman–Crippen MR) is 144 cm³/mol. The fourth-order valence-corrected chi connectivity index (χ4v) is 5.15. The van der Waals surface area contributed by atoms with Gasteiger partial charge >= 0.3 is 0 Å². The highest BCUT2D eigenvalue weighted by atomic mass is 35.5. The second kappa shape index (κ2) is 12.4. The molecule has 0 aliphatic heterocycles. The van der Waals surface area contributed by atoms with Crippen LogP contribution in [0.5, 0.6) is 0 Å². The van der Waals surface area contributed by atoms with Gasteiger partial charge in [-0.15, -0.1) is 0 Å².